The Morgan fingerprint density at radius 2 is 1.62 bits per heavy atom. The molecule has 0 unspecified atom stereocenters. The highest BCUT2D eigenvalue weighted by Crippen LogP contribution is 2.24. The van der Waals surface area contributed by atoms with Crippen LogP contribution < -0.4 is 4.90 Å². The number of nitrogens with zero attached hydrogens (tertiary/aromatic N) is 4. The summed E-state index contributed by atoms with van der Waals surface area (Å²) in [7, 11) is 0. The maximum absolute atomic E-state index is 13.0. The van der Waals surface area contributed by atoms with Crippen molar-refractivity contribution in [3.05, 3.63) is 71.8 Å². The molecule has 1 amide bonds. The smallest absolute Gasteiger partial charge is 0.360 e. The number of benzene rings is 2. The van der Waals surface area contributed by atoms with E-state index < -0.39 is 17.4 Å². The number of Topliss-reactive ketones (excluding diaryl/α,β-unsaturated/α-hetero) is 1. The SMILES string of the molecule is CC(=O)C(=[N+]=[N-])C(=O)N(c1ccccc1)C1CCN(CCc2ccccc2)CC1. The third-order valence-electron chi connectivity index (χ3n) is 5.37. The normalized spacial score (nSPS) is 14.8. The lowest BCUT2D eigenvalue weighted by molar-refractivity contribution is -0.123. The average molecular weight is 390 g/mol. The van der Waals surface area contributed by atoms with Crippen molar-refractivity contribution in [3.63, 3.8) is 0 Å². The maximum Gasteiger partial charge on any atom is 0.421 e. The van der Waals surface area contributed by atoms with Crippen LogP contribution >= 0.6 is 0 Å². The molecule has 1 aliphatic rings. The molecule has 6 heteroatoms. The van der Waals surface area contributed by atoms with Gasteiger partial charge < -0.3 is 10.4 Å². The largest absolute Gasteiger partial charge is 0.421 e. The third-order valence-corrected chi connectivity index (χ3v) is 5.37. The molecule has 2 aromatic carbocycles. The first-order valence-electron chi connectivity index (χ1n) is 9.98. The monoisotopic (exact) mass is 390 g/mol. The number of hydrogen-bond acceptors (Lipinski definition) is 3. The van der Waals surface area contributed by atoms with E-state index in [-0.39, 0.29) is 6.04 Å². The second-order valence-electron chi connectivity index (χ2n) is 7.32. The summed E-state index contributed by atoms with van der Waals surface area (Å²) >= 11 is 0. The Hall–Kier alpha value is -3.08. The van der Waals surface area contributed by atoms with Crippen LogP contribution in [-0.4, -0.2) is 52.8 Å². The van der Waals surface area contributed by atoms with E-state index in [0.29, 0.717) is 5.69 Å². The highest BCUT2D eigenvalue weighted by atomic mass is 16.2. The van der Waals surface area contributed by atoms with Crippen molar-refractivity contribution >= 4 is 23.1 Å². The van der Waals surface area contributed by atoms with Gasteiger partial charge in [-0.2, -0.15) is 4.79 Å². The first kappa shape index (κ1) is 20.6. The van der Waals surface area contributed by atoms with Crippen LogP contribution in [0.25, 0.3) is 5.53 Å². The summed E-state index contributed by atoms with van der Waals surface area (Å²) in [6.45, 7) is 3.97. The Bertz CT molecular complexity index is 884. The molecule has 0 saturated carbocycles. The van der Waals surface area contributed by atoms with Gasteiger partial charge in [-0.25, -0.2) is 0 Å². The first-order chi connectivity index (χ1) is 14.1. The number of carbonyl (C=O) groups excluding carboxylic acids is 2. The van der Waals surface area contributed by atoms with Crippen molar-refractivity contribution in [3.8, 4) is 0 Å². The Morgan fingerprint density at radius 3 is 2.17 bits per heavy atom. The van der Waals surface area contributed by atoms with Gasteiger partial charge in [-0.15, -0.1) is 0 Å². The van der Waals surface area contributed by atoms with E-state index in [9.17, 15) is 15.1 Å². The first-order valence-corrected chi connectivity index (χ1v) is 9.98. The number of para-hydroxylation sites is 1. The quantitative estimate of drug-likeness (QED) is 0.316. The highest BCUT2D eigenvalue weighted by Gasteiger charge is 2.37. The van der Waals surface area contributed by atoms with Crippen LogP contribution in [0, 0.1) is 0 Å². The molecule has 29 heavy (non-hydrogen) atoms. The third kappa shape index (κ3) is 5.25. The van der Waals surface area contributed by atoms with E-state index in [1.54, 1.807) is 4.90 Å². The molecule has 1 heterocycles. The van der Waals surface area contributed by atoms with Gasteiger partial charge in [0.25, 0.3) is 0 Å². The predicted molar refractivity (Wildman–Crippen MR) is 113 cm³/mol. The van der Waals surface area contributed by atoms with E-state index in [1.807, 2.05) is 36.4 Å². The molecule has 2 aromatic rings. The number of amides is 1. The van der Waals surface area contributed by atoms with Gasteiger partial charge in [0.2, 0.25) is 5.78 Å². The summed E-state index contributed by atoms with van der Waals surface area (Å²) < 4.78 is 0. The van der Waals surface area contributed by atoms with Crippen LogP contribution in [0.2, 0.25) is 0 Å². The fraction of sp³-hybridized carbons (Fsp3) is 0.348. The topological polar surface area (TPSA) is 77.0 Å². The number of carbonyl (C=O) groups is 2. The number of anilines is 1. The van der Waals surface area contributed by atoms with Gasteiger partial charge in [0.05, 0.1) is 0 Å². The van der Waals surface area contributed by atoms with Crippen LogP contribution in [0.5, 0.6) is 0 Å². The number of hydrogen-bond donors (Lipinski definition) is 0. The minimum atomic E-state index is -0.547. The zero-order valence-corrected chi connectivity index (χ0v) is 16.7. The zero-order valence-electron chi connectivity index (χ0n) is 16.7. The molecule has 6 nitrogen and oxygen atoms in total. The van der Waals surface area contributed by atoms with Gasteiger partial charge in [-0.3, -0.25) is 14.5 Å². The molecule has 0 radical (unpaired) electrons. The molecule has 1 aliphatic heterocycles. The van der Waals surface area contributed by atoms with Crippen LogP contribution in [0.1, 0.15) is 25.3 Å². The number of ketones is 1. The number of likely N-dealkylation sites (tertiary alicyclic amines) is 1. The van der Waals surface area contributed by atoms with Gasteiger partial charge in [0.1, 0.15) is 0 Å². The summed E-state index contributed by atoms with van der Waals surface area (Å²) in [5.41, 5.74) is 10.8. The summed E-state index contributed by atoms with van der Waals surface area (Å²) in [5, 5.41) is 0. The van der Waals surface area contributed by atoms with Crippen molar-refractivity contribution in [1.82, 2.24) is 4.90 Å². The van der Waals surface area contributed by atoms with E-state index in [4.69, 9.17) is 0 Å². The van der Waals surface area contributed by atoms with Gasteiger partial charge >= 0.3 is 11.6 Å². The van der Waals surface area contributed by atoms with E-state index >= 15 is 0 Å². The van der Waals surface area contributed by atoms with Crippen molar-refractivity contribution < 1.29 is 14.4 Å². The molecule has 0 spiro atoms. The van der Waals surface area contributed by atoms with E-state index in [0.717, 1.165) is 38.9 Å². The molecule has 150 valence electrons. The Balaban J connectivity index is 1.69. The Labute approximate surface area is 171 Å². The Kier molecular flexibility index (Phi) is 7.06. The van der Waals surface area contributed by atoms with Gasteiger partial charge in [0.15, 0.2) is 0 Å². The summed E-state index contributed by atoms with van der Waals surface area (Å²) in [6.07, 6.45) is 2.59. The second-order valence-corrected chi connectivity index (χ2v) is 7.32. The van der Waals surface area contributed by atoms with E-state index in [1.165, 1.54) is 12.5 Å². The summed E-state index contributed by atoms with van der Waals surface area (Å²) in [5.74, 6) is -1.09. The molecule has 0 aromatic heterocycles. The molecule has 0 aliphatic carbocycles. The molecular weight excluding hydrogens is 364 g/mol. The van der Waals surface area contributed by atoms with Crippen LogP contribution in [0.3, 0.4) is 0 Å². The van der Waals surface area contributed by atoms with Gasteiger partial charge in [-0.05, 0) is 37.0 Å². The lowest BCUT2D eigenvalue weighted by Gasteiger charge is -2.37. The molecule has 3 rings (SSSR count). The average Bonchev–Trinajstić information content (AvgIpc) is 2.75. The molecular formula is C23H26N4O2. The van der Waals surface area contributed by atoms with Crippen LogP contribution in [0.4, 0.5) is 5.69 Å². The standard InChI is InChI=1S/C23H26N4O2/c1-18(28)22(25-24)23(29)27(20-10-6-3-7-11-20)21-13-16-26(17-14-21)15-12-19-8-4-2-5-9-19/h2-11,21H,12-17H2,1H3. The van der Waals surface area contributed by atoms with Crippen molar-refractivity contribution in [2.75, 3.05) is 24.5 Å². The highest BCUT2D eigenvalue weighted by molar-refractivity contribution is 6.65. The molecule has 0 N–H and O–H groups in total. The second kappa shape index (κ2) is 9.92. The lowest BCUT2D eigenvalue weighted by Crippen LogP contribution is -2.51. The maximum atomic E-state index is 13.0. The van der Waals surface area contributed by atoms with Crippen molar-refractivity contribution in [1.29, 1.82) is 0 Å². The molecule has 1 fully saturated rings. The molecule has 0 atom stereocenters. The van der Waals surface area contributed by atoms with Gasteiger partial charge in [0, 0.05) is 38.3 Å². The lowest BCUT2D eigenvalue weighted by atomic mass is 10.00. The summed E-state index contributed by atoms with van der Waals surface area (Å²) in [4.78, 5) is 31.8. The molecule has 0 bridgehead atoms. The number of rotatable bonds is 7. The fourth-order valence-corrected chi connectivity index (χ4v) is 3.79. The zero-order chi connectivity index (χ0) is 20.6. The minimum absolute atomic E-state index is 0.0472. The van der Waals surface area contributed by atoms with E-state index in [2.05, 4.69) is 34.0 Å². The van der Waals surface area contributed by atoms with Gasteiger partial charge in [-0.1, -0.05) is 48.5 Å². The minimum Gasteiger partial charge on any atom is -0.360 e. The number of piperidine rings is 1. The van der Waals surface area contributed by atoms with Crippen molar-refractivity contribution in [2.24, 2.45) is 0 Å². The molecule has 1 saturated heterocycles. The van der Waals surface area contributed by atoms with Crippen molar-refractivity contribution in [2.45, 2.75) is 32.2 Å². The summed E-state index contributed by atoms with van der Waals surface area (Å²) in [6, 6.07) is 19.6. The predicted octanol–water partition coefficient (Wildman–Crippen LogP) is 2.99. The Morgan fingerprint density at radius 1 is 1.03 bits per heavy atom. The van der Waals surface area contributed by atoms with Crippen LogP contribution in [0.15, 0.2) is 60.7 Å². The van der Waals surface area contributed by atoms with Crippen LogP contribution in [-0.2, 0) is 16.0 Å². The fourth-order valence-electron chi connectivity index (χ4n) is 3.79.